The summed E-state index contributed by atoms with van der Waals surface area (Å²) in [4.78, 5) is 2.39. The molecule has 2 saturated heterocycles. The number of nitrogens with one attached hydrogen (secondary N) is 3. The summed E-state index contributed by atoms with van der Waals surface area (Å²) in [5, 5.41) is 12.0. The minimum Gasteiger partial charge on any atom is -0.351 e. The lowest BCUT2D eigenvalue weighted by Crippen LogP contribution is -2.40. The van der Waals surface area contributed by atoms with Crippen molar-refractivity contribution in [2.24, 2.45) is 5.92 Å². The molecule has 0 bridgehead atoms. The topological polar surface area (TPSA) is 65.1 Å². The van der Waals surface area contributed by atoms with Crippen LogP contribution in [0.2, 0.25) is 0 Å². The zero-order valence-corrected chi connectivity index (χ0v) is 15.4. The van der Waals surface area contributed by atoms with Crippen LogP contribution in [0, 0.1) is 12.8 Å². The first-order chi connectivity index (χ1) is 12.8. The van der Waals surface area contributed by atoms with E-state index in [2.05, 4.69) is 68.5 Å². The summed E-state index contributed by atoms with van der Waals surface area (Å²) >= 11 is 0. The molecule has 3 N–H and O–H groups in total. The van der Waals surface area contributed by atoms with Gasteiger partial charge in [0.05, 0.1) is 6.04 Å². The molecule has 0 aliphatic carbocycles. The number of hydrogen-bond acceptors (Lipinski definition) is 6. The van der Waals surface area contributed by atoms with Gasteiger partial charge in [-0.15, -0.1) is 5.10 Å². The lowest BCUT2D eigenvalue weighted by Gasteiger charge is -2.26. The lowest BCUT2D eigenvalue weighted by molar-refractivity contribution is 0.431. The van der Waals surface area contributed by atoms with Gasteiger partial charge in [-0.2, -0.15) is 5.10 Å². The second-order valence-electron chi connectivity index (χ2n) is 7.41. The number of hydrazine groups is 1. The highest BCUT2D eigenvalue weighted by Crippen LogP contribution is 2.26. The minimum absolute atomic E-state index is 0.363. The molecule has 6 heteroatoms. The minimum atomic E-state index is 0.363. The molecule has 0 saturated carbocycles. The second-order valence-corrected chi connectivity index (χ2v) is 7.41. The predicted octanol–water partition coefficient (Wildman–Crippen LogP) is 1.81. The quantitative estimate of drug-likeness (QED) is 0.737. The van der Waals surface area contributed by atoms with Gasteiger partial charge >= 0.3 is 0 Å². The average Bonchev–Trinajstić information content (AvgIpc) is 3.32. The highest BCUT2D eigenvalue weighted by atomic mass is 15.4. The molecule has 3 heterocycles. The molecule has 2 aliphatic rings. The molecule has 138 valence electrons. The highest BCUT2D eigenvalue weighted by Gasteiger charge is 2.29. The van der Waals surface area contributed by atoms with Gasteiger partial charge in [0.1, 0.15) is 0 Å². The first-order valence-corrected chi connectivity index (χ1v) is 9.61. The summed E-state index contributed by atoms with van der Waals surface area (Å²) in [6.45, 7) is 6.21. The molecule has 6 nitrogen and oxygen atoms in total. The SMILES string of the molecule is Cc1cccc(C2NNCC2CNCC2CCCN2c2cccnn2)c1. The van der Waals surface area contributed by atoms with Gasteiger partial charge in [0.2, 0.25) is 0 Å². The van der Waals surface area contributed by atoms with E-state index in [1.165, 1.54) is 24.0 Å². The fourth-order valence-electron chi connectivity index (χ4n) is 4.18. The molecular weight excluding hydrogens is 324 g/mol. The Morgan fingerprint density at radius 2 is 2.19 bits per heavy atom. The van der Waals surface area contributed by atoms with E-state index in [9.17, 15) is 0 Å². The molecule has 3 unspecified atom stereocenters. The molecule has 0 radical (unpaired) electrons. The van der Waals surface area contributed by atoms with Gasteiger partial charge in [-0.25, -0.2) is 5.43 Å². The van der Waals surface area contributed by atoms with Crippen molar-refractivity contribution in [1.29, 1.82) is 0 Å². The van der Waals surface area contributed by atoms with Crippen LogP contribution in [-0.4, -0.2) is 42.4 Å². The van der Waals surface area contributed by atoms with E-state index in [0.29, 0.717) is 18.0 Å². The smallest absolute Gasteiger partial charge is 0.151 e. The van der Waals surface area contributed by atoms with E-state index in [1.54, 1.807) is 6.20 Å². The Morgan fingerprint density at radius 3 is 3.04 bits per heavy atom. The number of rotatable bonds is 6. The predicted molar refractivity (Wildman–Crippen MR) is 104 cm³/mol. The Bertz CT molecular complexity index is 706. The van der Waals surface area contributed by atoms with Crippen LogP contribution < -0.4 is 21.1 Å². The van der Waals surface area contributed by atoms with Crippen molar-refractivity contribution in [3.63, 3.8) is 0 Å². The van der Waals surface area contributed by atoms with Gasteiger partial charge in [0.25, 0.3) is 0 Å². The van der Waals surface area contributed by atoms with E-state index in [4.69, 9.17) is 0 Å². The molecule has 26 heavy (non-hydrogen) atoms. The number of aromatic nitrogens is 2. The standard InChI is InChI=1S/C20H28N6/c1-15-5-2-6-16(11-15)20-17(13-23-25-20)12-21-14-18-7-4-10-26(18)19-8-3-9-22-24-19/h2-3,5-6,8-9,11,17-18,20-21,23,25H,4,7,10,12-14H2,1H3. The third-order valence-electron chi connectivity index (χ3n) is 5.51. The van der Waals surface area contributed by atoms with Gasteiger partial charge in [-0.3, -0.25) is 5.43 Å². The largest absolute Gasteiger partial charge is 0.351 e. The lowest BCUT2D eigenvalue weighted by atomic mass is 9.94. The van der Waals surface area contributed by atoms with Crippen molar-refractivity contribution in [2.45, 2.75) is 31.8 Å². The van der Waals surface area contributed by atoms with Crippen LogP contribution in [-0.2, 0) is 0 Å². The first-order valence-electron chi connectivity index (χ1n) is 9.61. The van der Waals surface area contributed by atoms with Gasteiger partial charge in [0, 0.05) is 44.3 Å². The molecule has 3 atom stereocenters. The summed E-state index contributed by atoms with van der Waals surface area (Å²) in [5.41, 5.74) is 9.46. The first kappa shape index (κ1) is 17.4. The van der Waals surface area contributed by atoms with E-state index >= 15 is 0 Å². The van der Waals surface area contributed by atoms with Crippen LogP contribution in [0.15, 0.2) is 42.6 Å². The van der Waals surface area contributed by atoms with Crippen molar-refractivity contribution in [2.75, 3.05) is 31.1 Å². The summed E-state index contributed by atoms with van der Waals surface area (Å²) in [5.74, 6) is 1.54. The fraction of sp³-hybridized carbons (Fsp3) is 0.500. The van der Waals surface area contributed by atoms with Gasteiger partial charge in [-0.05, 0) is 37.5 Å². The van der Waals surface area contributed by atoms with Crippen LogP contribution in [0.3, 0.4) is 0 Å². The van der Waals surface area contributed by atoms with Crippen molar-refractivity contribution in [3.8, 4) is 0 Å². The van der Waals surface area contributed by atoms with E-state index < -0.39 is 0 Å². The number of aryl methyl sites for hydroxylation is 1. The molecule has 0 spiro atoms. The number of benzene rings is 1. The van der Waals surface area contributed by atoms with Gasteiger partial charge in [-0.1, -0.05) is 29.8 Å². The third-order valence-corrected chi connectivity index (χ3v) is 5.51. The summed E-state index contributed by atoms with van der Waals surface area (Å²) in [6, 6.07) is 13.7. The molecule has 1 aromatic heterocycles. The molecule has 4 rings (SSSR count). The fourth-order valence-corrected chi connectivity index (χ4v) is 4.18. The van der Waals surface area contributed by atoms with Crippen LogP contribution in [0.4, 0.5) is 5.82 Å². The van der Waals surface area contributed by atoms with Crippen molar-refractivity contribution in [1.82, 2.24) is 26.4 Å². The van der Waals surface area contributed by atoms with Crippen LogP contribution in [0.5, 0.6) is 0 Å². The normalized spacial score (nSPS) is 25.7. The highest BCUT2D eigenvalue weighted by molar-refractivity contribution is 5.39. The van der Waals surface area contributed by atoms with Gasteiger partial charge in [0.15, 0.2) is 5.82 Å². The Kier molecular flexibility index (Phi) is 5.43. The number of hydrogen-bond donors (Lipinski definition) is 3. The maximum Gasteiger partial charge on any atom is 0.151 e. The Labute approximate surface area is 155 Å². The monoisotopic (exact) mass is 352 g/mol. The molecule has 2 aromatic rings. The van der Waals surface area contributed by atoms with E-state index in [1.807, 2.05) is 6.07 Å². The maximum absolute atomic E-state index is 4.28. The van der Waals surface area contributed by atoms with Crippen LogP contribution in [0.1, 0.15) is 30.0 Å². The number of nitrogens with zero attached hydrogens (tertiary/aromatic N) is 3. The number of anilines is 1. The summed E-state index contributed by atoms with van der Waals surface area (Å²) < 4.78 is 0. The van der Waals surface area contributed by atoms with Crippen LogP contribution in [0.25, 0.3) is 0 Å². The summed E-state index contributed by atoms with van der Waals surface area (Å²) in [6.07, 6.45) is 4.17. The molecule has 2 aliphatic heterocycles. The van der Waals surface area contributed by atoms with Gasteiger partial charge < -0.3 is 10.2 Å². The molecular formula is C20H28N6. The Hall–Kier alpha value is -2.02. The second kappa shape index (κ2) is 8.12. The third kappa shape index (κ3) is 3.87. The van der Waals surface area contributed by atoms with E-state index in [0.717, 1.165) is 32.0 Å². The zero-order chi connectivity index (χ0) is 17.8. The van der Waals surface area contributed by atoms with Crippen LogP contribution >= 0.6 is 0 Å². The average molecular weight is 352 g/mol. The zero-order valence-electron chi connectivity index (χ0n) is 15.4. The molecule has 0 amide bonds. The van der Waals surface area contributed by atoms with Crippen molar-refractivity contribution in [3.05, 3.63) is 53.7 Å². The Balaban J connectivity index is 1.32. The maximum atomic E-state index is 4.28. The molecule has 1 aromatic carbocycles. The molecule has 2 fully saturated rings. The Morgan fingerprint density at radius 1 is 1.23 bits per heavy atom. The van der Waals surface area contributed by atoms with Crippen molar-refractivity contribution < 1.29 is 0 Å². The van der Waals surface area contributed by atoms with E-state index in [-0.39, 0.29) is 0 Å². The summed E-state index contributed by atoms with van der Waals surface area (Å²) in [7, 11) is 0. The van der Waals surface area contributed by atoms with Crippen molar-refractivity contribution >= 4 is 5.82 Å².